The molecule has 3 aromatic heterocycles. The molecule has 10 heteroatoms. The van der Waals surface area contributed by atoms with Gasteiger partial charge in [0.1, 0.15) is 5.75 Å². The fourth-order valence-electron chi connectivity index (χ4n) is 7.35. The number of para-hydroxylation sites is 1. The van der Waals surface area contributed by atoms with E-state index in [4.69, 9.17) is 14.7 Å². The average Bonchev–Trinajstić information content (AvgIpc) is 3.62. The Morgan fingerprint density at radius 3 is 2.53 bits per heavy atom. The summed E-state index contributed by atoms with van der Waals surface area (Å²) in [6.45, 7) is 7.70. The van der Waals surface area contributed by atoms with Crippen molar-refractivity contribution in [2.75, 3.05) is 55.9 Å². The van der Waals surface area contributed by atoms with Crippen LogP contribution in [0.3, 0.4) is 0 Å². The lowest BCUT2D eigenvalue weighted by Gasteiger charge is -2.26. The third-order valence-corrected chi connectivity index (χ3v) is 9.71. The van der Waals surface area contributed by atoms with Gasteiger partial charge in [-0.25, -0.2) is 9.97 Å². The molecule has 1 saturated carbocycles. The van der Waals surface area contributed by atoms with Gasteiger partial charge in [-0.05, 0) is 56.0 Å². The quantitative estimate of drug-likeness (QED) is 0.182. The second-order valence-electron chi connectivity index (χ2n) is 12.9. The fourth-order valence-corrected chi connectivity index (χ4v) is 7.35. The van der Waals surface area contributed by atoms with Crippen molar-refractivity contribution in [3.05, 3.63) is 86.0 Å². The maximum atomic E-state index is 12.6. The van der Waals surface area contributed by atoms with Crippen molar-refractivity contribution < 1.29 is 9.53 Å². The summed E-state index contributed by atoms with van der Waals surface area (Å²) in [5.74, 6) is 1.98. The Hall–Kier alpha value is -5.22. The zero-order valence-corrected chi connectivity index (χ0v) is 26.7. The molecule has 1 aliphatic carbocycles. The minimum absolute atomic E-state index is 0.270. The molecule has 0 radical (unpaired) electrons. The van der Waals surface area contributed by atoms with Crippen molar-refractivity contribution in [1.82, 2.24) is 24.4 Å². The lowest BCUT2D eigenvalue weighted by atomic mass is 10.0. The Morgan fingerprint density at radius 1 is 1.00 bits per heavy atom. The predicted octanol–water partition coefficient (Wildman–Crippen LogP) is 6.37. The molecule has 5 aromatic rings. The van der Waals surface area contributed by atoms with Crippen LogP contribution in [0.15, 0.2) is 86.0 Å². The lowest BCUT2D eigenvalue weighted by molar-refractivity contribution is -0.111. The van der Waals surface area contributed by atoms with Gasteiger partial charge in [0.05, 0.1) is 29.9 Å². The standard InChI is InChI=1S/C37H38N8O2/c1-4-35(46)40-30-14-31(34(47-3)15-33(30)44-20-24-18-43(2)19-25(24)21-44)41-37-39-17-28(23-8-7-13-38-16-23)36(42-37)29-22-45(26-11-12-26)32-10-6-5-9-27(29)32/h4-10,13-17,22,24-26H,1,11-12,18-21H2,2-3H3,(H,40,46)(H,39,41,42)/t24-,25+. The van der Waals surface area contributed by atoms with Crippen molar-refractivity contribution in [3.63, 3.8) is 0 Å². The summed E-state index contributed by atoms with van der Waals surface area (Å²) in [6.07, 6.45) is 11.4. The number of nitrogens with one attached hydrogen (secondary N) is 2. The first kappa shape index (κ1) is 29.2. The molecule has 5 heterocycles. The second kappa shape index (κ2) is 11.9. The second-order valence-corrected chi connectivity index (χ2v) is 12.9. The summed E-state index contributed by atoms with van der Waals surface area (Å²) in [7, 11) is 3.84. The van der Waals surface area contributed by atoms with E-state index in [1.54, 1.807) is 13.3 Å². The van der Waals surface area contributed by atoms with Crippen LogP contribution in [-0.4, -0.2) is 70.7 Å². The summed E-state index contributed by atoms with van der Waals surface area (Å²) in [5, 5.41) is 7.61. The first-order chi connectivity index (χ1) is 23.0. The highest BCUT2D eigenvalue weighted by molar-refractivity contribution is 6.02. The molecule has 2 atom stereocenters. The molecule has 0 bridgehead atoms. The summed E-state index contributed by atoms with van der Waals surface area (Å²) in [6, 6.07) is 16.9. The van der Waals surface area contributed by atoms with Crippen LogP contribution in [0.2, 0.25) is 0 Å². The van der Waals surface area contributed by atoms with Crippen molar-refractivity contribution >= 4 is 39.8 Å². The smallest absolute Gasteiger partial charge is 0.247 e. The van der Waals surface area contributed by atoms with E-state index in [0.717, 1.165) is 59.6 Å². The summed E-state index contributed by atoms with van der Waals surface area (Å²) < 4.78 is 8.30. The zero-order chi connectivity index (χ0) is 32.1. The minimum Gasteiger partial charge on any atom is -0.494 e. The van der Waals surface area contributed by atoms with E-state index < -0.39 is 0 Å². The number of carbonyl (C=O) groups is 1. The highest BCUT2D eigenvalue weighted by atomic mass is 16.5. The van der Waals surface area contributed by atoms with E-state index in [0.29, 0.717) is 41.0 Å². The SMILES string of the molecule is C=CC(=O)Nc1cc(Nc2ncc(-c3cccnc3)c(-c3cn(C4CC4)c4ccccc34)n2)c(OC)cc1N1C[C@H]2CN(C)C[C@H]2C1. The maximum Gasteiger partial charge on any atom is 0.247 e. The van der Waals surface area contributed by atoms with Gasteiger partial charge in [-0.1, -0.05) is 30.8 Å². The summed E-state index contributed by atoms with van der Waals surface area (Å²) in [5.41, 5.74) is 7.16. The maximum absolute atomic E-state index is 12.6. The van der Waals surface area contributed by atoms with Crippen molar-refractivity contribution in [2.24, 2.45) is 11.8 Å². The number of benzene rings is 2. The first-order valence-electron chi connectivity index (χ1n) is 16.2. The number of fused-ring (bicyclic) bond motifs is 2. The number of aromatic nitrogens is 4. The number of likely N-dealkylation sites (tertiary alicyclic amines) is 1. The fraction of sp³-hybridized carbons (Fsp3) is 0.297. The average molecular weight is 627 g/mol. The monoisotopic (exact) mass is 626 g/mol. The molecule has 2 saturated heterocycles. The van der Waals surface area contributed by atoms with Crippen molar-refractivity contribution in [1.29, 1.82) is 0 Å². The Bertz CT molecular complexity index is 1970. The first-order valence-corrected chi connectivity index (χ1v) is 16.2. The molecule has 2 aliphatic heterocycles. The van der Waals surface area contributed by atoms with Gasteiger partial charge in [0.15, 0.2) is 0 Å². The molecule has 3 aliphatic rings. The number of hydrogen-bond donors (Lipinski definition) is 2. The highest BCUT2D eigenvalue weighted by Gasteiger charge is 2.39. The Kier molecular flexibility index (Phi) is 7.37. The highest BCUT2D eigenvalue weighted by Crippen LogP contribution is 2.44. The third kappa shape index (κ3) is 5.48. The largest absolute Gasteiger partial charge is 0.494 e. The molecule has 0 unspecified atom stereocenters. The van der Waals surface area contributed by atoms with E-state index in [1.807, 2.05) is 36.7 Å². The molecule has 0 spiro atoms. The molecular weight excluding hydrogens is 588 g/mol. The van der Waals surface area contributed by atoms with Gasteiger partial charge in [0.2, 0.25) is 11.9 Å². The molecule has 2 N–H and O–H groups in total. The number of pyridine rings is 1. The zero-order valence-electron chi connectivity index (χ0n) is 26.7. The van der Waals surface area contributed by atoms with Crippen LogP contribution in [0.4, 0.5) is 23.0 Å². The van der Waals surface area contributed by atoms with Gasteiger partial charge in [-0.3, -0.25) is 9.78 Å². The van der Waals surface area contributed by atoms with Gasteiger partial charge >= 0.3 is 0 Å². The van der Waals surface area contributed by atoms with Crippen LogP contribution in [0.5, 0.6) is 5.75 Å². The number of nitrogens with zero attached hydrogens (tertiary/aromatic N) is 6. The molecule has 10 nitrogen and oxygen atoms in total. The van der Waals surface area contributed by atoms with E-state index in [1.165, 1.54) is 24.4 Å². The molecule has 8 rings (SSSR count). The Morgan fingerprint density at radius 2 is 1.81 bits per heavy atom. The Labute approximate surface area is 274 Å². The van der Waals surface area contributed by atoms with Gasteiger partial charge < -0.3 is 29.7 Å². The molecule has 47 heavy (non-hydrogen) atoms. The van der Waals surface area contributed by atoms with Crippen LogP contribution < -0.4 is 20.3 Å². The number of ether oxygens (including phenoxy) is 1. The summed E-state index contributed by atoms with van der Waals surface area (Å²) >= 11 is 0. The number of rotatable bonds is 9. The van der Waals surface area contributed by atoms with E-state index in [2.05, 4.69) is 74.1 Å². The number of methoxy groups -OCH3 is 1. The third-order valence-electron chi connectivity index (χ3n) is 9.71. The Balaban J connectivity index is 1.21. The van der Waals surface area contributed by atoms with E-state index >= 15 is 0 Å². The molecule has 238 valence electrons. The van der Waals surface area contributed by atoms with Crippen LogP contribution in [-0.2, 0) is 4.79 Å². The lowest BCUT2D eigenvalue weighted by Crippen LogP contribution is -2.27. The van der Waals surface area contributed by atoms with Crippen LogP contribution in [0.25, 0.3) is 33.3 Å². The van der Waals surface area contributed by atoms with Crippen molar-refractivity contribution in [3.8, 4) is 28.1 Å². The van der Waals surface area contributed by atoms with Gasteiger partial charge in [-0.2, -0.15) is 0 Å². The van der Waals surface area contributed by atoms with E-state index in [9.17, 15) is 4.79 Å². The van der Waals surface area contributed by atoms with Crippen LogP contribution >= 0.6 is 0 Å². The van der Waals surface area contributed by atoms with Crippen LogP contribution in [0.1, 0.15) is 18.9 Å². The minimum atomic E-state index is -0.270. The predicted molar refractivity (Wildman–Crippen MR) is 186 cm³/mol. The summed E-state index contributed by atoms with van der Waals surface area (Å²) in [4.78, 5) is 31.7. The van der Waals surface area contributed by atoms with Crippen molar-refractivity contribution in [2.45, 2.75) is 18.9 Å². The number of hydrogen-bond acceptors (Lipinski definition) is 8. The number of amides is 1. The molecule has 1 amide bonds. The molecule has 2 aromatic carbocycles. The topological polar surface area (TPSA) is 100 Å². The number of anilines is 4. The molecule has 3 fully saturated rings. The van der Waals surface area contributed by atoms with Gasteiger partial charge in [0, 0.05) is 90.7 Å². The van der Waals surface area contributed by atoms with E-state index in [-0.39, 0.29) is 5.91 Å². The molecular formula is C37H38N8O2. The van der Waals surface area contributed by atoms with Gasteiger partial charge in [-0.15, -0.1) is 0 Å². The van der Waals surface area contributed by atoms with Gasteiger partial charge in [0.25, 0.3) is 0 Å². The van der Waals surface area contributed by atoms with Crippen LogP contribution in [0, 0.1) is 11.8 Å². The number of carbonyl (C=O) groups excluding carboxylic acids is 1. The normalized spacial score (nSPS) is 19.1.